The number of aromatic nitrogens is 3. The summed E-state index contributed by atoms with van der Waals surface area (Å²) in [6, 6.07) is 6.05. The van der Waals surface area contributed by atoms with Gasteiger partial charge in [0.15, 0.2) is 5.82 Å². The number of hydrogen-bond acceptors (Lipinski definition) is 8. The second-order valence-electron chi connectivity index (χ2n) is 7.71. The molecule has 4 heterocycles. The number of nitrogen functional groups attached to an aromatic ring is 1. The predicted molar refractivity (Wildman–Crippen MR) is 113 cm³/mol. The molecule has 1 aromatic carbocycles. The van der Waals surface area contributed by atoms with Gasteiger partial charge in [-0.2, -0.15) is 4.98 Å². The first-order valence-corrected chi connectivity index (χ1v) is 10.6. The molecule has 1 spiro atoms. The molecule has 0 unspecified atom stereocenters. The third kappa shape index (κ3) is 2.90. The zero-order valence-corrected chi connectivity index (χ0v) is 17.4. The van der Waals surface area contributed by atoms with E-state index in [-0.39, 0.29) is 11.4 Å². The largest absolute Gasteiger partial charge is 0.380 e. The van der Waals surface area contributed by atoms with Gasteiger partial charge in [0.25, 0.3) is 0 Å². The fourth-order valence-electron chi connectivity index (χ4n) is 4.26. The Hall–Kier alpha value is -2.26. The van der Waals surface area contributed by atoms with Crippen LogP contribution in [0.5, 0.6) is 0 Å². The van der Waals surface area contributed by atoms with Gasteiger partial charge in [0.05, 0.1) is 12.8 Å². The Morgan fingerprint density at radius 1 is 1.38 bits per heavy atom. The van der Waals surface area contributed by atoms with Gasteiger partial charge in [-0.3, -0.25) is 0 Å². The SMILES string of the molecule is C[C@](O)(c1ccc2c(c1)N(c1nc(N)ncc1Cl)C[C@@]21CCOC1)c1nccs1. The third-order valence-corrected chi connectivity index (χ3v) is 7.09. The molecule has 2 aliphatic rings. The van der Waals surface area contributed by atoms with Gasteiger partial charge in [0.2, 0.25) is 5.95 Å². The fraction of sp³-hybridized carbons (Fsp3) is 0.350. The maximum absolute atomic E-state index is 11.2. The quantitative estimate of drug-likeness (QED) is 0.659. The highest BCUT2D eigenvalue weighted by Crippen LogP contribution is 2.50. The highest BCUT2D eigenvalue weighted by Gasteiger charge is 2.47. The lowest BCUT2D eigenvalue weighted by Crippen LogP contribution is -2.32. The first-order chi connectivity index (χ1) is 13.9. The summed E-state index contributed by atoms with van der Waals surface area (Å²) in [6.07, 6.45) is 4.13. The van der Waals surface area contributed by atoms with Crippen molar-refractivity contribution < 1.29 is 9.84 Å². The van der Waals surface area contributed by atoms with Gasteiger partial charge in [0, 0.05) is 35.8 Å². The van der Waals surface area contributed by atoms with Crippen molar-refractivity contribution in [1.29, 1.82) is 0 Å². The summed E-state index contributed by atoms with van der Waals surface area (Å²) < 4.78 is 5.76. The van der Waals surface area contributed by atoms with Crippen molar-refractivity contribution in [2.45, 2.75) is 24.4 Å². The van der Waals surface area contributed by atoms with E-state index < -0.39 is 5.60 Å². The maximum atomic E-state index is 11.2. The van der Waals surface area contributed by atoms with E-state index >= 15 is 0 Å². The Labute approximate surface area is 177 Å². The van der Waals surface area contributed by atoms with Gasteiger partial charge in [-0.05, 0) is 30.5 Å². The lowest BCUT2D eigenvalue weighted by atomic mass is 9.81. The molecule has 5 rings (SSSR count). The lowest BCUT2D eigenvalue weighted by Gasteiger charge is -2.24. The molecule has 2 atom stereocenters. The summed E-state index contributed by atoms with van der Waals surface area (Å²) in [5, 5.41) is 14.2. The highest BCUT2D eigenvalue weighted by atomic mass is 35.5. The van der Waals surface area contributed by atoms with Crippen LogP contribution in [0.4, 0.5) is 17.5 Å². The lowest BCUT2D eigenvalue weighted by molar-refractivity contribution is 0.102. The van der Waals surface area contributed by atoms with Crippen molar-refractivity contribution in [3.8, 4) is 0 Å². The number of fused-ring (bicyclic) bond motifs is 2. The number of halogens is 1. The van der Waals surface area contributed by atoms with Gasteiger partial charge < -0.3 is 20.5 Å². The molecule has 1 saturated heterocycles. The number of aliphatic hydroxyl groups is 1. The van der Waals surface area contributed by atoms with Crippen LogP contribution < -0.4 is 10.6 Å². The van der Waals surface area contributed by atoms with Crippen molar-refractivity contribution in [3.05, 3.63) is 57.1 Å². The summed E-state index contributed by atoms with van der Waals surface area (Å²) in [5.41, 5.74) is 7.38. The van der Waals surface area contributed by atoms with Crippen LogP contribution in [-0.4, -0.2) is 39.8 Å². The molecule has 0 radical (unpaired) electrons. The second kappa shape index (κ2) is 6.63. The molecule has 0 saturated carbocycles. The standard InChI is InChI=1S/C20H20ClN5O2S/c1-19(27,17-23-5-7-29-17)12-2-3-13-15(8-12)26(10-20(13)4-6-28-11-20)16-14(21)9-24-18(22)25-16/h2-3,5,7-9,27H,4,6,10-11H2,1H3,(H2,22,24,25)/t19-,20+/m0/s1. The van der Waals surface area contributed by atoms with Gasteiger partial charge >= 0.3 is 0 Å². The van der Waals surface area contributed by atoms with E-state index in [9.17, 15) is 5.11 Å². The van der Waals surface area contributed by atoms with Crippen molar-refractivity contribution in [2.24, 2.45) is 0 Å². The molecule has 1 fully saturated rings. The molecule has 3 N–H and O–H groups in total. The van der Waals surface area contributed by atoms with E-state index in [4.69, 9.17) is 22.1 Å². The first-order valence-electron chi connectivity index (χ1n) is 9.31. The van der Waals surface area contributed by atoms with Crippen LogP contribution in [0.15, 0.2) is 36.0 Å². The zero-order valence-electron chi connectivity index (χ0n) is 15.8. The van der Waals surface area contributed by atoms with Crippen LogP contribution in [0.3, 0.4) is 0 Å². The number of nitrogens with zero attached hydrogens (tertiary/aromatic N) is 4. The van der Waals surface area contributed by atoms with Crippen molar-refractivity contribution >= 4 is 40.4 Å². The van der Waals surface area contributed by atoms with Gasteiger partial charge in [-0.1, -0.05) is 23.7 Å². The summed E-state index contributed by atoms with van der Waals surface area (Å²) in [7, 11) is 0. The van der Waals surface area contributed by atoms with Gasteiger partial charge in [-0.15, -0.1) is 11.3 Å². The Kier molecular flexibility index (Phi) is 4.29. The summed E-state index contributed by atoms with van der Waals surface area (Å²) in [5.74, 6) is 0.732. The van der Waals surface area contributed by atoms with Crippen molar-refractivity contribution in [3.63, 3.8) is 0 Å². The minimum atomic E-state index is -1.20. The summed E-state index contributed by atoms with van der Waals surface area (Å²) in [4.78, 5) is 14.7. The molecule has 0 aliphatic carbocycles. The van der Waals surface area contributed by atoms with Crippen LogP contribution in [0.25, 0.3) is 0 Å². The van der Waals surface area contributed by atoms with Gasteiger partial charge in [-0.25, -0.2) is 9.97 Å². The van der Waals surface area contributed by atoms with Crippen LogP contribution in [0.2, 0.25) is 5.02 Å². The van der Waals surface area contributed by atoms with E-state index in [1.165, 1.54) is 23.1 Å². The van der Waals surface area contributed by atoms with Crippen molar-refractivity contribution in [1.82, 2.24) is 15.0 Å². The average molecular weight is 430 g/mol. The summed E-state index contributed by atoms with van der Waals surface area (Å²) in [6.45, 7) is 3.79. The van der Waals surface area contributed by atoms with E-state index in [2.05, 4.69) is 25.9 Å². The maximum Gasteiger partial charge on any atom is 0.222 e. The Bertz CT molecular complexity index is 1070. The predicted octanol–water partition coefficient (Wildman–Crippen LogP) is 3.23. The van der Waals surface area contributed by atoms with Crippen LogP contribution in [0, 0.1) is 0 Å². The first kappa shape index (κ1) is 18.7. The van der Waals surface area contributed by atoms with E-state index in [0.29, 0.717) is 35.6 Å². The van der Waals surface area contributed by atoms with E-state index in [1.54, 1.807) is 13.1 Å². The number of ether oxygens (including phenoxy) is 1. The Balaban J connectivity index is 1.67. The fourth-order valence-corrected chi connectivity index (χ4v) is 5.17. The van der Waals surface area contributed by atoms with E-state index in [1.807, 2.05) is 17.5 Å². The normalized spacial score (nSPS) is 22.8. The monoisotopic (exact) mass is 429 g/mol. The second-order valence-corrected chi connectivity index (χ2v) is 9.01. The minimum Gasteiger partial charge on any atom is -0.380 e. The molecule has 9 heteroatoms. The Morgan fingerprint density at radius 2 is 2.24 bits per heavy atom. The van der Waals surface area contributed by atoms with Crippen molar-refractivity contribution in [2.75, 3.05) is 30.4 Å². The van der Waals surface area contributed by atoms with Gasteiger partial charge in [0.1, 0.15) is 15.6 Å². The number of benzene rings is 1. The van der Waals surface area contributed by atoms with Crippen LogP contribution in [-0.2, 0) is 15.8 Å². The number of hydrogen-bond donors (Lipinski definition) is 2. The molecular formula is C20H20ClN5O2S. The number of rotatable bonds is 3. The molecule has 0 bridgehead atoms. The highest BCUT2D eigenvalue weighted by molar-refractivity contribution is 7.09. The van der Waals surface area contributed by atoms with Crippen LogP contribution >= 0.6 is 22.9 Å². The van der Waals surface area contributed by atoms with E-state index in [0.717, 1.165) is 17.7 Å². The topological polar surface area (TPSA) is 97.4 Å². The minimum absolute atomic E-state index is 0.135. The molecule has 2 aromatic heterocycles. The molecule has 2 aliphatic heterocycles. The number of anilines is 3. The number of nitrogens with two attached hydrogens (primary N) is 1. The van der Waals surface area contributed by atoms with Crippen LogP contribution in [0.1, 0.15) is 29.5 Å². The zero-order chi connectivity index (χ0) is 20.2. The third-order valence-electron chi connectivity index (χ3n) is 5.83. The molecule has 7 nitrogen and oxygen atoms in total. The molecule has 3 aromatic rings. The summed E-state index contributed by atoms with van der Waals surface area (Å²) >= 11 is 7.86. The number of thiazole rings is 1. The molecular weight excluding hydrogens is 410 g/mol. The molecule has 0 amide bonds. The molecule has 150 valence electrons. The smallest absolute Gasteiger partial charge is 0.222 e. The molecule has 29 heavy (non-hydrogen) atoms. The average Bonchev–Trinajstić information content (AvgIpc) is 3.46. The Morgan fingerprint density at radius 3 is 2.97 bits per heavy atom.